The fourth-order valence-electron chi connectivity index (χ4n) is 5.82. The smallest absolute Gasteiger partial charge is 0.335 e. The Bertz CT molecular complexity index is 2060. The van der Waals surface area contributed by atoms with Gasteiger partial charge in [-0.3, -0.25) is 4.98 Å². The van der Waals surface area contributed by atoms with Crippen molar-refractivity contribution >= 4 is 40.2 Å². The molecule has 0 amide bonds. The maximum atomic E-state index is 11.5. The van der Waals surface area contributed by atoms with Gasteiger partial charge in [0.05, 0.1) is 22.6 Å². The zero-order chi connectivity index (χ0) is 29.0. The Morgan fingerprint density at radius 3 is 2.07 bits per heavy atom. The summed E-state index contributed by atoms with van der Waals surface area (Å²) in [6.45, 7) is 6.52. The minimum Gasteiger partial charge on any atom is -0.478 e. The summed E-state index contributed by atoms with van der Waals surface area (Å²) < 4.78 is 0. The SMILES string of the molecule is Cc1ccc(-c2c3nc(cc4ccc([nH]4)c(-c4ccc(C(=O)O)cc4)c4nc(cc5ccc2[nH]5)C(C)(C)C4)C=C3)cc1. The lowest BCUT2D eigenvalue weighted by Crippen LogP contribution is -2.15. The number of carboxylic acids is 1. The average molecular weight is 551 g/mol. The van der Waals surface area contributed by atoms with Crippen molar-refractivity contribution < 1.29 is 9.90 Å². The first-order valence-corrected chi connectivity index (χ1v) is 14.1. The van der Waals surface area contributed by atoms with E-state index in [1.165, 1.54) is 5.56 Å². The van der Waals surface area contributed by atoms with Crippen LogP contribution in [0, 0.1) is 6.92 Å². The molecule has 0 atom stereocenters. The van der Waals surface area contributed by atoms with Gasteiger partial charge >= 0.3 is 5.97 Å². The number of carboxylic acid groups (broad SMARTS) is 1. The van der Waals surface area contributed by atoms with Crippen LogP contribution in [0.15, 0.2) is 84.9 Å². The molecule has 0 unspecified atom stereocenters. The first-order valence-electron chi connectivity index (χ1n) is 14.1. The molecule has 0 saturated carbocycles. The van der Waals surface area contributed by atoms with Gasteiger partial charge < -0.3 is 15.1 Å². The summed E-state index contributed by atoms with van der Waals surface area (Å²) in [5.74, 6) is -0.944. The average Bonchev–Trinajstić information content (AvgIpc) is 3.76. The zero-order valence-electron chi connectivity index (χ0n) is 23.7. The molecule has 42 heavy (non-hydrogen) atoms. The fourth-order valence-corrected chi connectivity index (χ4v) is 5.82. The Kier molecular flexibility index (Phi) is 5.94. The van der Waals surface area contributed by atoms with Crippen molar-refractivity contribution in [1.82, 2.24) is 19.9 Å². The van der Waals surface area contributed by atoms with Crippen LogP contribution in [0.1, 0.15) is 52.5 Å². The quantitative estimate of drug-likeness (QED) is 0.206. The van der Waals surface area contributed by atoms with Gasteiger partial charge in [-0.05, 0) is 78.7 Å². The van der Waals surface area contributed by atoms with Gasteiger partial charge in [0.15, 0.2) is 0 Å². The van der Waals surface area contributed by atoms with Gasteiger partial charge in [-0.1, -0.05) is 55.8 Å². The van der Waals surface area contributed by atoms with Crippen LogP contribution in [0.4, 0.5) is 0 Å². The van der Waals surface area contributed by atoms with Crippen molar-refractivity contribution in [3.05, 3.63) is 119 Å². The van der Waals surface area contributed by atoms with E-state index in [0.29, 0.717) is 0 Å². The number of aryl methyl sites for hydroxylation is 1. The second-order valence-corrected chi connectivity index (χ2v) is 11.7. The third-order valence-corrected chi connectivity index (χ3v) is 8.08. The van der Waals surface area contributed by atoms with Crippen LogP contribution in [0.25, 0.3) is 56.5 Å². The van der Waals surface area contributed by atoms with Crippen LogP contribution in [0.3, 0.4) is 0 Å². The first-order chi connectivity index (χ1) is 20.2. The number of hydrogen-bond donors (Lipinski definition) is 3. The van der Waals surface area contributed by atoms with Crippen molar-refractivity contribution in [2.45, 2.75) is 32.6 Å². The van der Waals surface area contributed by atoms with E-state index in [0.717, 1.165) is 73.5 Å². The van der Waals surface area contributed by atoms with Crippen LogP contribution in [-0.2, 0) is 11.8 Å². The molecule has 0 saturated heterocycles. The first kappa shape index (κ1) is 25.7. The van der Waals surface area contributed by atoms with Gasteiger partial charge in [-0.2, -0.15) is 0 Å². The van der Waals surface area contributed by atoms with Gasteiger partial charge in [-0.15, -0.1) is 0 Å². The van der Waals surface area contributed by atoms with E-state index in [1.807, 2.05) is 30.3 Å². The summed E-state index contributed by atoms with van der Waals surface area (Å²) in [5.41, 5.74) is 12.8. The molecule has 7 rings (SSSR count). The monoisotopic (exact) mass is 550 g/mol. The Hall–Kier alpha value is -5.23. The lowest BCUT2D eigenvalue weighted by molar-refractivity contribution is 0.0697. The predicted molar refractivity (Wildman–Crippen MR) is 169 cm³/mol. The van der Waals surface area contributed by atoms with Crippen molar-refractivity contribution in [1.29, 1.82) is 0 Å². The molecule has 2 aromatic carbocycles. The third kappa shape index (κ3) is 4.61. The Balaban J connectivity index is 1.55. The number of carbonyl (C=O) groups is 1. The van der Waals surface area contributed by atoms with Gasteiger partial charge in [0.1, 0.15) is 0 Å². The summed E-state index contributed by atoms with van der Waals surface area (Å²) in [6, 6.07) is 28.1. The zero-order valence-corrected chi connectivity index (χ0v) is 23.7. The number of hydrogen-bond acceptors (Lipinski definition) is 3. The highest BCUT2D eigenvalue weighted by Crippen LogP contribution is 2.37. The number of H-pyrrole nitrogens is 2. The lowest BCUT2D eigenvalue weighted by atomic mass is 9.85. The van der Waals surface area contributed by atoms with E-state index < -0.39 is 5.97 Å². The Morgan fingerprint density at radius 2 is 1.38 bits per heavy atom. The van der Waals surface area contributed by atoms with Crippen LogP contribution in [0.2, 0.25) is 0 Å². The number of aromatic carboxylic acids is 1. The third-order valence-electron chi connectivity index (χ3n) is 8.08. The van der Waals surface area contributed by atoms with Crippen LogP contribution in [-0.4, -0.2) is 31.0 Å². The van der Waals surface area contributed by atoms with E-state index >= 15 is 0 Å². The number of nitrogens with one attached hydrogen (secondary N) is 2. The Labute approximate surface area is 243 Å². The number of benzene rings is 2. The van der Waals surface area contributed by atoms with E-state index in [9.17, 15) is 9.90 Å². The van der Waals surface area contributed by atoms with E-state index in [4.69, 9.17) is 9.97 Å². The number of aromatic nitrogens is 4. The highest BCUT2D eigenvalue weighted by atomic mass is 16.4. The van der Waals surface area contributed by atoms with E-state index in [2.05, 4.69) is 85.3 Å². The molecule has 3 aromatic heterocycles. The van der Waals surface area contributed by atoms with Crippen molar-refractivity contribution in [3.63, 3.8) is 0 Å². The number of fused-ring (bicyclic) bond motifs is 8. The second-order valence-electron chi connectivity index (χ2n) is 11.7. The summed E-state index contributed by atoms with van der Waals surface area (Å²) in [6.07, 6.45) is 4.85. The topological polar surface area (TPSA) is 94.7 Å². The number of aromatic amines is 2. The highest BCUT2D eigenvalue weighted by molar-refractivity contribution is 5.92. The van der Waals surface area contributed by atoms with Gasteiger partial charge in [0, 0.05) is 50.7 Å². The molecular weight excluding hydrogens is 520 g/mol. The molecule has 206 valence electrons. The molecule has 6 nitrogen and oxygen atoms in total. The summed E-state index contributed by atoms with van der Waals surface area (Å²) in [7, 11) is 0. The van der Waals surface area contributed by atoms with Crippen molar-refractivity contribution in [2.75, 3.05) is 0 Å². The molecule has 0 radical (unpaired) electrons. The standard InChI is InChI=1S/C36H30N4O2/c1-21-4-6-22(7-5-21)33-28-15-12-25(37-28)18-26-13-16-30(38-26)34(23-8-10-24(11-9-23)35(41)42)31-20-36(2,3)32(40-31)19-27-14-17-29(33)39-27/h4-19,38-39H,20H2,1-3H3,(H,41,42). The van der Waals surface area contributed by atoms with Crippen molar-refractivity contribution in [2.24, 2.45) is 0 Å². The molecule has 0 spiro atoms. The molecule has 0 aliphatic carbocycles. The minimum atomic E-state index is -0.944. The molecule has 2 aliphatic heterocycles. The number of rotatable bonds is 3. The highest BCUT2D eigenvalue weighted by Gasteiger charge is 2.30. The summed E-state index contributed by atoms with van der Waals surface area (Å²) in [4.78, 5) is 29.0. The van der Waals surface area contributed by atoms with E-state index in [1.54, 1.807) is 12.1 Å². The molecule has 2 aliphatic rings. The van der Waals surface area contributed by atoms with Gasteiger partial charge in [0.25, 0.3) is 0 Å². The summed E-state index contributed by atoms with van der Waals surface area (Å²) in [5, 5.41) is 9.45. The molecule has 3 N–H and O–H groups in total. The van der Waals surface area contributed by atoms with Gasteiger partial charge in [-0.25, -0.2) is 9.78 Å². The molecule has 0 fully saturated rings. The normalized spacial score (nSPS) is 13.8. The minimum absolute atomic E-state index is 0.201. The summed E-state index contributed by atoms with van der Waals surface area (Å²) >= 11 is 0. The number of nitrogens with zero attached hydrogens (tertiary/aromatic N) is 2. The van der Waals surface area contributed by atoms with Crippen LogP contribution in [0.5, 0.6) is 0 Å². The molecule has 5 aromatic rings. The van der Waals surface area contributed by atoms with Crippen LogP contribution >= 0.6 is 0 Å². The molecule has 8 bridgehead atoms. The maximum absolute atomic E-state index is 11.5. The lowest BCUT2D eigenvalue weighted by Gasteiger charge is -2.16. The Morgan fingerprint density at radius 1 is 0.762 bits per heavy atom. The van der Waals surface area contributed by atoms with Crippen molar-refractivity contribution in [3.8, 4) is 22.3 Å². The molecule has 6 heteroatoms. The van der Waals surface area contributed by atoms with Gasteiger partial charge in [0.2, 0.25) is 0 Å². The predicted octanol–water partition coefficient (Wildman–Crippen LogP) is 8.35. The molecule has 5 heterocycles. The van der Waals surface area contributed by atoms with Crippen LogP contribution < -0.4 is 0 Å². The largest absolute Gasteiger partial charge is 0.478 e. The second kappa shape index (κ2) is 9.70. The fraction of sp³-hybridized carbons (Fsp3) is 0.139. The maximum Gasteiger partial charge on any atom is 0.335 e. The van der Waals surface area contributed by atoms with E-state index in [-0.39, 0.29) is 11.0 Å². The molecular formula is C36H30N4O2.